The number of rotatable bonds is 2. The third-order valence-corrected chi connectivity index (χ3v) is 4.55. The highest BCUT2D eigenvalue weighted by atomic mass is 16.5. The number of aromatic nitrogens is 2. The molecular formula is C14H22N4O2. The molecule has 2 bridgehead atoms. The lowest BCUT2D eigenvalue weighted by atomic mass is 10.1. The summed E-state index contributed by atoms with van der Waals surface area (Å²) >= 11 is 0. The summed E-state index contributed by atoms with van der Waals surface area (Å²) in [5.41, 5.74) is 2.43. The van der Waals surface area contributed by atoms with Gasteiger partial charge in [0.25, 0.3) is 0 Å². The van der Waals surface area contributed by atoms with Crippen LogP contribution in [0.3, 0.4) is 0 Å². The number of nitrogens with zero attached hydrogens (tertiary/aromatic N) is 4. The van der Waals surface area contributed by atoms with E-state index in [9.17, 15) is 4.79 Å². The van der Waals surface area contributed by atoms with Crippen LogP contribution in [0.2, 0.25) is 0 Å². The Balaban J connectivity index is 1.78. The van der Waals surface area contributed by atoms with Crippen LogP contribution in [0.1, 0.15) is 11.3 Å². The van der Waals surface area contributed by atoms with Crippen LogP contribution < -0.4 is 0 Å². The Morgan fingerprint density at radius 2 is 2.15 bits per heavy atom. The van der Waals surface area contributed by atoms with Crippen molar-refractivity contribution >= 4 is 5.91 Å². The molecule has 0 unspecified atom stereocenters. The van der Waals surface area contributed by atoms with Gasteiger partial charge in [-0.3, -0.25) is 14.4 Å². The van der Waals surface area contributed by atoms with Crippen LogP contribution in [0.5, 0.6) is 0 Å². The Labute approximate surface area is 119 Å². The third-order valence-electron chi connectivity index (χ3n) is 4.55. The molecule has 1 aromatic heterocycles. The van der Waals surface area contributed by atoms with E-state index >= 15 is 0 Å². The number of carbonyl (C=O) groups is 1. The number of aryl methyl sites for hydroxylation is 1. The molecule has 3 rings (SSSR count). The van der Waals surface area contributed by atoms with Gasteiger partial charge < -0.3 is 9.64 Å². The molecule has 2 fully saturated rings. The van der Waals surface area contributed by atoms with Crippen molar-refractivity contribution in [2.75, 3.05) is 33.4 Å². The summed E-state index contributed by atoms with van der Waals surface area (Å²) in [5, 5.41) is 4.30. The zero-order valence-electron chi connectivity index (χ0n) is 12.4. The highest BCUT2D eigenvalue weighted by Crippen LogP contribution is 2.21. The molecule has 6 nitrogen and oxygen atoms in total. The quantitative estimate of drug-likeness (QED) is 0.765. The summed E-state index contributed by atoms with van der Waals surface area (Å²) in [4.78, 5) is 16.5. The van der Waals surface area contributed by atoms with Crippen molar-refractivity contribution in [2.45, 2.75) is 19.5 Å². The van der Waals surface area contributed by atoms with Gasteiger partial charge in [-0.2, -0.15) is 5.10 Å². The zero-order valence-corrected chi connectivity index (χ0v) is 12.4. The first-order valence-corrected chi connectivity index (χ1v) is 7.10. The number of fused-ring (bicyclic) bond motifs is 3. The van der Waals surface area contributed by atoms with Gasteiger partial charge in [0.05, 0.1) is 31.4 Å². The first kappa shape index (κ1) is 13.6. The molecule has 0 spiro atoms. The maximum Gasteiger partial charge on any atom is 0.229 e. The first-order chi connectivity index (χ1) is 9.56. The molecule has 6 heteroatoms. The minimum absolute atomic E-state index is 0.0375. The van der Waals surface area contributed by atoms with Crippen molar-refractivity contribution in [1.29, 1.82) is 0 Å². The number of hydrogen-bond donors (Lipinski definition) is 0. The van der Waals surface area contributed by atoms with E-state index in [-0.39, 0.29) is 17.9 Å². The van der Waals surface area contributed by atoms with E-state index in [4.69, 9.17) is 4.74 Å². The number of amides is 1. The molecule has 2 atom stereocenters. The van der Waals surface area contributed by atoms with Crippen LogP contribution in [0.4, 0.5) is 0 Å². The predicted octanol–water partition coefficient (Wildman–Crippen LogP) is 0.0175. The van der Waals surface area contributed by atoms with Crippen LogP contribution in [-0.2, 0) is 23.1 Å². The summed E-state index contributed by atoms with van der Waals surface area (Å²) in [5.74, 6) is 0.183. The topological polar surface area (TPSA) is 50.6 Å². The molecule has 0 aliphatic carbocycles. The molecule has 0 aromatic carbocycles. The molecular weight excluding hydrogens is 256 g/mol. The van der Waals surface area contributed by atoms with Crippen LogP contribution in [0.25, 0.3) is 0 Å². The smallest absolute Gasteiger partial charge is 0.229 e. The molecule has 0 radical (unpaired) electrons. The average Bonchev–Trinajstić information content (AvgIpc) is 2.58. The number of likely N-dealkylation sites (N-methyl/N-ethyl adjacent to an activating group) is 1. The van der Waals surface area contributed by atoms with Crippen LogP contribution >= 0.6 is 0 Å². The Kier molecular flexibility index (Phi) is 3.52. The van der Waals surface area contributed by atoms with Gasteiger partial charge in [0.2, 0.25) is 5.91 Å². The second-order valence-electron chi connectivity index (χ2n) is 5.91. The van der Waals surface area contributed by atoms with Crippen molar-refractivity contribution < 1.29 is 9.53 Å². The molecule has 1 amide bonds. The van der Waals surface area contributed by atoms with Crippen molar-refractivity contribution in [1.82, 2.24) is 19.6 Å². The lowest BCUT2D eigenvalue weighted by Gasteiger charge is -2.29. The largest absolute Gasteiger partial charge is 0.378 e. The third kappa shape index (κ3) is 2.33. The maximum atomic E-state index is 12.3. The van der Waals surface area contributed by atoms with E-state index in [1.807, 2.05) is 29.9 Å². The van der Waals surface area contributed by atoms with Crippen molar-refractivity contribution in [3.05, 3.63) is 17.5 Å². The van der Waals surface area contributed by atoms with Gasteiger partial charge in [0.15, 0.2) is 0 Å². The lowest BCUT2D eigenvalue weighted by Crippen LogP contribution is -2.42. The molecule has 2 aliphatic rings. The number of ether oxygens (including phenoxy) is 1. The van der Waals surface area contributed by atoms with E-state index in [2.05, 4.69) is 16.9 Å². The molecule has 110 valence electrons. The molecule has 2 aliphatic heterocycles. The van der Waals surface area contributed by atoms with Gasteiger partial charge in [-0.15, -0.1) is 0 Å². The zero-order chi connectivity index (χ0) is 14.3. The van der Waals surface area contributed by atoms with Crippen LogP contribution in [0.15, 0.2) is 6.20 Å². The second-order valence-corrected chi connectivity index (χ2v) is 5.91. The Hall–Kier alpha value is -1.40. The molecule has 0 N–H and O–H groups in total. The number of carbonyl (C=O) groups excluding carboxylic acids is 1. The van der Waals surface area contributed by atoms with Gasteiger partial charge >= 0.3 is 0 Å². The number of hydrogen-bond acceptors (Lipinski definition) is 4. The van der Waals surface area contributed by atoms with E-state index in [1.54, 1.807) is 0 Å². The lowest BCUT2D eigenvalue weighted by molar-refractivity contribution is -0.133. The molecule has 1 aromatic rings. The van der Waals surface area contributed by atoms with Gasteiger partial charge in [-0.25, -0.2) is 0 Å². The fourth-order valence-corrected chi connectivity index (χ4v) is 3.06. The minimum atomic E-state index is -0.0375. The van der Waals surface area contributed by atoms with Gasteiger partial charge in [-0.1, -0.05) is 0 Å². The summed E-state index contributed by atoms with van der Waals surface area (Å²) in [6, 6.07) is 0.159. The van der Waals surface area contributed by atoms with Crippen LogP contribution in [-0.4, -0.2) is 64.9 Å². The van der Waals surface area contributed by atoms with E-state index in [1.165, 1.54) is 11.3 Å². The van der Waals surface area contributed by atoms with Crippen molar-refractivity contribution in [3.8, 4) is 0 Å². The standard InChI is InChI=1S/C14H22N4O2/c1-10-11(4-15-17(10)3)5-18-6-12-8-20-9-13(7-18)16(2)14(12)19/h4,12-13H,5-9H2,1-3H3/t12-,13+/m1/s1. The molecule has 0 saturated carbocycles. The highest BCUT2D eigenvalue weighted by molar-refractivity contribution is 5.79. The van der Waals surface area contributed by atoms with Crippen LogP contribution in [0, 0.1) is 12.8 Å². The monoisotopic (exact) mass is 278 g/mol. The van der Waals surface area contributed by atoms with Gasteiger partial charge in [0.1, 0.15) is 0 Å². The Morgan fingerprint density at radius 1 is 1.35 bits per heavy atom. The first-order valence-electron chi connectivity index (χ1n) is 7.10. The van der Waals surface area contributed by atoms with E-state index in [0.29, 0.717) is 13.2 Å². The average molecular weight is 278 g/mol. The van der Waals surface area contributed by atoms with E-state index < -0.39 is 0 Å². The van der Waals surface area contributed by atoms with E-state index in [0.717, 1.165) is 19.6 Å². The fraction of sp³-hybridized carbons (Fsp3) is 0.714. The van der Waals surface area contributed by atoms with Gasteiger partial charge in [0, 0.05) is 45.0 Å². The fourth-order valence-electron chi connectivity index (χ4n) is 3.06. The Bertz CT molecular complexity index is 513. The summed E-state index contributed by atoms with van der Waals surface area (Å²) in [7, 11) is 3.86. The SMILES string of the molecule is Cc1c(CN2C[C@@H]3COC[C@H](C2)N(C)C3=O)cnn1C. The summed E-state index contributed by atoms with van der Waals surface area (Å²) in [6.07, 6.45) is 1.93. The predicted molar refractivity (Wildman–Crippen MR) is 74.1 cm³/mol. The van der Waals surface area contributed by atoms with Crippen molar-refractivity contribution in [2.24, 2.45) is 13.0 Å². The second kappa shape index (κ2) is 5.18. The summed E-state index contributed by atoms with van der Waals surface area (Å²) < 4.78 is 7.52. The Morgan fingerprint density at radius 3 is 2.85 bits per heavy atom. The van der Waals surface area contributed by atoms with Gasteiger partial charge in [-0.05, 0) is 6.92 Å². The molecule has 20 heavy (non-hydrogen) atoms. The summed E-state index contributed by atoms with van der Waals surface area (Å²) in [6.45, 7) is 5.76. The maximum absolute atomic E-state index is 12.3. The molecule has 2 saturated heterocycles. The normalized spacial score (nSPS) is 27.8. The molecule has 3 heterocycles. The highest BCUT2D eigenvalue weighted by Gasteiger charge is 2.37. The minimum Gasteiger partial charge on any atom is -0.378 e. The van der Waals surface area contributed by atoms with Crippen molar-refractivity contribution in [3.63, 3.8) is 0 Å².